The quantitative estimate of drug-likeness (QED) is 0.871. The molecule has 1 aliphatic rings. The molecule has 0 unspecified atom stereocenters. The first-order chi connectivity index (χ1) is 9.26. The number of aromatic nitrogens is 1. The number of hydrogen-bond acceptors (Lipinski definition) is 4. The standard InChI is InChI=1S/C14H21ClN2O2/c15-12-6-7-14(16-13(12)10-19)17(8-9-18)11-4-2-1-3-5-11/h6-7,11,18-19H,1-5,8-10H2. The van der Waals surface area contributed by atoms with E-state index in [-0.39, 0.29) is 13.2 Å². The lowest BCUT2D eigenvalue weighted by Gasteiger charge is -2.35. The molecule has 1 saturated carbocycles. The Bertz CT molecular complexity index is 408. The Hall–Kier alpha value is -0.840. The van der Waals surface area contributed by atoms with E-state index in [2.05, 4.69) is 9.88 Å². The molecule has 0 saturated heterocycles. The van der Waals surface area contributed by atoms with Gasteiger partial charge in [0.2, 0.25) is 0 Å². The number of hydrogen-bond donors (Lipinski definition) is 2. The molecule has 0 atom stereocenters. The van der Waals surface area contributed by atoms with Gasteiger partial charge in [-0.05, 0) is 25.0 Å². The highest BCUT2D eigenvalue weighted by Crippen LogP contribution is 2.27. The third-order valence-corrected chi connectivity index (χ3v) is 4.05. The lowest BCUT2D eigenvalue weighted by atomic mass is 9.94. The van der Waals surface area contributed by atoms with Crippen molar-refractivity contribution in [2.45, 2.75) is 44.8 Å². The van der Waals surface area contributed by atoms with Gasteiger partial charge in [0.05, 0.1) is 23.9 Å². The summed E-state index contributed by atoms with van der Waals surface area (Å²) in [6.45, 7) is 0.518. The number of aliphatic hydroxyl groups is 2. The summed E-state index contributed by atoms with van der Waals surface area (Å²) in [6, 6.07) is 4.06. The molecule has 0 bridgehead atoms. The van der Waals surface area contributed by atoms with Gasteiger partial charge in [0, 0.05) is 12.6 Å². The molecule has 0 radical (unpaired) electrons. The maximum atomic E-state index is 9.26. The Morgan fingerprint density at radius 2 is 1.95 bits per heavy atom. The highest BCUT2D eigenvalue weighted by atomic mass is 35.5. The largest absolute Gasteiger partial charge is 0.395 e. The van der Waals surface area contributed by atoms with Gasteiger partial charge in [-0.25, -0.2) is 4.98 Å². The van der Waals surface area contributed by atoms with Gasteiger partial charge in [0.15, 0.2) is 0 Å². The Morgan fingerprint density at radius 3 is 2.58 bits per heavy atom. The van der Waals surface area contributed by atoms with E-state index in [0.29, 0.717) is 23.3 Å². The van der Waals surface area contributed by atoms with Crippen LogP contribution in [0.25, 0.3) is 0 Å². The van der Waals surface area contributed by atoms with Gasteiger partial charge in [-0.3, -0.25) is 0 Å². The van der Waals surface area contributed by atoms with E-state index in [0.717, 1.165) is 18.7 Å². The first-order valence-corrected chi connectivity index (χ1v) is 7.28. The number of rotatable bonds is 5. The first kappa shape index (κ1) is 14.6. The van der Waals surface area contributed by atoms with E-state index >= 15 is 0 Å². The van der Waals surface area contributed by atoms with Crippen LogP contribution in [-0.4, -0.2) is 34.4 Å². The zero-order chi connectivity index (χ0) is 13.7. The lowest BCUT2D eigenvalue weighted by molar-refractivity contribution is 0.276. The van der Waals surface area contributed by atoms with Gasteiger partial charge in [-0.1, -0.05) is 30.9 Å². The van der Waals surface area contributed by atoms with Crippen LogP contribution < -0.4 is 4.90 Å². The van der Waals surface area contributed by atoms with Crippen LogP contribution in [0.5, 0.6) is 0 Å². The zero-order valence-corrected chi connectivity index (χ0v) is 11.8. The molecule has 5 heteroatoms. The van der Waals surface area contributed by atoms with Crippen LogP contribution in [0.4, 0.5) is 5.82 Å². The Kier molecular flexibility index (Phi) is 5.43. The smallest absolute Gasteiger partial charge is 0.129 e. The van der Waals surface area contributed by atoms with Gasteiger partial charge >= 0.3 is 0 Å². The van der Waals surface area contributed by atoms with E-state index < -0.39 is 0 Å². The fourth-order valence-corrected chi connectivity index (χ4v) is 2.89. The van der Waals surface area contributed by atoms with Gasteiger partial charge in [-0.15, -0.1) is 0 Å². The molecule has 0 spiro atoms. The van der Waals surface area contributed by atoms with Crippen molar-refractivity contribution < 1.29 is 10.2 Å². The van der Waals surface area contributed by atoms with Crippen molar-refractivity contribution in [1.29, 1.82) is 0 Å². The zero-order valence-electron chi connectivity index (χ0n) is 11.1. The van der Waals surface area contributed by atoms with E-state index in [1.54, 1.807) is 6.07 Å². The monoisotopic (exact) mass is 284 g/mol. The van der Waals surface area contributed by atoms with Crippen LogP contribution >= 0.6 is 11.6 Å². The molecular formula is C14H21ClN2O2. The van der Waals surface area contributed by atoms with Crippen molar-refractivity contribution in [1.82, 2.24) is 4.98 Å². The Labute approximate surface area is 119 Å². The SMILES string of the molecule is OCCN(c1ccc(Cl)c(CO)n1)C1CCCCC1. The topological polar surface area (TPSA) is 56.6 Å². The third-order valence-electron chi connectivity index (χ3n) is 3.70. The molecule has 1 aliphatic carbocycles. The van der Waals surface area contributed by atoms with Crippen LogP contribution in [0.1, 0.15) is 37.8 Å². The summed E-state index contributed by atoms with van der Waals surface area (Å²) in [5.41, 5.74) is 0.498. The molecule has 2 N–H and O–H groups in total. The van der Waals surface area contributed by atoms with Crippen LogP contribution in [0.2, 0.25) is 5.02 Å². The molecule has 2 rings (SSSR count). The van der Waals surface area contributed by atoms with Crippen molar-refractivity contribution in [2.24, 2.45) is 0 Å². The van der Waals surface area contributed by atoms with Gasteiger partial charge in [0.1, 0.15) is 5.82 Å². The second-order valence-corrected chi connectivity index (χ2v) is 5.37. The van der Waals surface area contributed by atoms with E-state index in [1.807, 2.05) is 6.07 Å². The first-order valence-electron chi connectivity index (χ1n) is 6.90. The van der Waals surface area contributed by atoms with E-state index in [4.69, 9.17) is 11.6 Å². The number of halogens is 1. The minimum atomic E-state index is -0.162. The van der Waals surface area contributed by atoms with Gasteiger partial charge in [-0.2, -0.15) is 0 Å². The van der Waals surface area contributed by atoms with E-state index in [1.165, 1.54) is 19.3 Å². The number of aliphatic hydroxyl groups excluding tert-OH is 2. The van der Waals surface area contributed by atoms with Crippen LogP contribution in [0, 0.1) is 0 Å². The van der Waals surface area contributed by atoms with Crippen molar-refractivity contribution in [3.63, 3.8) is 0 Å². The van der Waals surface area contributed by atoms with Crippen LogP contribution in [0.15, 0.2) is 12.1 Å². The molecular weight excluding hydrogens is 264 g/mol. The highest BCUT2D eigenvalue weighted by molar-refractivity contribution is 6.31. The van der Waals surface area contributed by atoms with Gasteiger partial charge < -0.3 is 15.1 Å². The summed E-state index contributed by atoms with van der Waals surface area (Å²) >= 11 is 5.97. The van der Waals surface area contributed by atoms with E-state index in [9.17, 15) is 10.2 Å². The number of nitrogens with zero attached hydrogens (tertiary/aromatic N) is 2. The van der Waals surface area contributed by atoms with Crippen molar-refractivity contribution in [3.05, 3.63) is 22.8 Å². The normalized spacial score (nSPS) is 16.6. The molecule has 0 amide bonds. The fourth-order valence-electron chi connectivity index (χ4n) is 2.73. The molecule has 4 nitrogen and oxygen atoms in total. The average Bonchev–Trinajstić information content (AvgIpc) is 2.46. The third kappa shape index (κ3) is 3.59. The molecule has 106 valence electrons. The average molecular weight is 285 g/mol. The minimum Gasteiger partial charge on any atom is -0.395 e. The van der Waals surface area contributed by atoms with Crippen LogP contribution in [-0.2, 0) is 6.61 Å². The lowest BCUT2D eigenvalue weighted by Crippen LogP contribution is -2.39. The summed E-state index contributed by atoms with van der Waals surface area (Å²) < 4.78 is 0. The van der Waals surface area contributed by atoms with Crippen molar-refractivity contribution in [2.75, 3.05) is 18.1 Å². The summed E-state index contributed by atoms with van der Waals surface area (Å²) in [7, 11) is 0. The number of pyridine rings is 1. The molecule has 0 aromatic carbocycles. The summed E-state index contributed by atoms with van der Waals surface area (Å²) in [4.78, 5) is 6.57. The summed E-state index contributed by atoms with van der Waals surface area (Å²) in [5.74, 6) is 0.800. The van der Waals surface area contributed by atoms with Crippen LogP contribution in [0.3, 0.4) is 0 Å². The molecule has 0 aliphatic heterocycles. The molecule has 1 heterocycles. The maximum absolute atomic E-state index is 9.26. The number of anilines is 1. The molecule has 19 heavy (non-hydrogen) atoms. The molecule has 1 fully saturated rings. The van der Waals surface area contributed by atoms with Gasteiger partial charge in [0.25, 0.3) is 0 Å². The minimum absolute atomic E-state index is 0.106. The second-order valence-electron chi connectivity index (χ2n) is 4.96. The maximum Gasteiger partial charge on any atom is 0.129 e. The molecule has 1 aromatic heterocycles. The highest BCUT2D eigenvalue weighted by Gasteiger charge is 2.22. The predicted molar refractivity (Wildman–Crippen MR) is 76.5 cm³/mol. The Balaban J connectivity index is 2.22. The van der Waals surface area contributed by atoms with Crippen molar-refractivity contribution in [3.8, 4) is 0 Å². The summed E-state index contributed by atoms with van der Waals surface area (Å²) in [5, 5.41) is 19.0. The van der Waals surface area contributed by atoms with Crippen molar-refractivity contribution >= 4 is 17.4 Å². The Morgan fingerprint density at radius 1 is 1.21 bits per heavy atom. The fraction of sp³-hybridized carbons (Fsp3) is 0.643. The predicted octanol–water partition coefficient (Wildman–Crippen LogP) is 2.36. The second kappa shape index (κ2) is 7.08. The molecule has 1 aromatic rings. The summed E-state index contributed by atoms with van der Waals surface area (Å²) in [6.07, 6.45) is 6.02.